The number of rotatable bonds is 9. The zero-order valence-electron chi connectivity index (χ0n) is 18.2. The van der Waals surface area contributed by atoms with E-state index in [1.54, 1.807) is 60.7 Å². The van der Waals surface area contributed by atoms with E-state index in [4.69, 9.17) is 4.74 Å². The van der Waals surface area contributed by atoms with E-state index in [0.29, 0.717) is 15.0 Å². The molecule has 0 aliphatic carbocycles. The van der Waals surface area contributed by atoms with Crippen molar-refractivity contribution in [2.45, 2.75) is 22.9 Å². The van der Waals surface area contributed by atoms with Gasteiger partial charge in [0.1, 0.15) is 12.4 Å². The fraction of sp³-hybridized carbons (Fsp3) is 0.0769. The van der Waals surface area contributed by atoms with Crippen molar-refractivity contribution >= 4 is 20.0 Å². The molecule has 0 atom stereocenters. The Morgan fingerprint density at radius 3 is 1.53 bits per heavy atom. The van der Waals surface area contributed by atoms with Crippen molar-refractivity contribution in [3.63, 3.8) is 0 Å². The number of para-hydroxylation sites is 1. The van der Waals surface area contributed by atoms with E-state index in [-0.39, 0.29) is 16.4 Å². The van der Waals surface area contributed by atoms with E-state index in [1.807, 2.05) is 30.3 Å². The Hall–Kier alpha value is -3.46. The minimum Gasteiger partial charge on any atom is -0.489 e. The molecule has 0 saturated heterocycles. The maximum absolute atomic E-state index is 13.6. The molecular formula is C26H23NO5S2. The third-order valence-corrected chi connectivity index (χ3v) is 9.37. The summed E-state index contributed by atoms with van der Waals surface area (Å²) in [6, 6.07) is 31.4. The lowest BCUT2D eigenvalue weighted by Gasteiger charge is -2.23. The van der Waals surface area contributed by atoms with Crippen LogP contribution in [0, 0.1) is 0 Å². The molecule has 4 rings (SSSR count). The second-order valence-electron chi connectivity index (χ2n) is 7.45. The molecule has 4 aromatic rings. The molecule has 4 aromatic carbocycles. The molecule has 0 unspecified atom stereocenters. The van der Waals surface area contributed by atoms with Gasteiger partial charge in [-0.1, -0.05) is 88.6 Å². The third kappa shape index (κ3) is 5.20. The predicted octanol–water partition coefficient (Wildman–Crippen LogP) is 4.85. The van der Waals surface area contributed by atoms with Gasteiger partial charge in [0.05, 0.1) is 16.3 Å². The summed E-state index contributed by atoms with van der Waals surface area (Å²) in [6.45, 7) is -0.159. The molecule has 0 bridgehead atoms. The van der Waals surface area contributed by atoms with Crippen LogP contribution in [0.3, 0.4) is 0 Å². The lowest BCUT2D eigenvalue weighted by Crippen LogP contribution is -2.36. The summed E-state index contributed by atoms with van der Waals surface area (Å²) >= 11 is 0. The molecule has 0 fully saturated rings. The summed E-state index contributed by atoms with van der Waals surface area (Å²) in [5, 5.41) is 0. The minimum absolute atomic E-state index is 0.114. The number of sulfonamides is 2. The van der Waals surface area contributed by atoms with Gasteiger partial charge in [0.2, 0.25) is 0 Å². The summed E-state index contributed by atoms with van der Waals surface area (Å²) in [4.78, 5) is -0.227. The summed E-state index contributed by atoms with van der Waals surface area (Å²) < 4.78 is 60.7. The number of ether oxygens (including phenoxy) is 1. The molecular weight excluding hydrogens is 470 g/mol. The zero-order chi connectivity index (χ0) is 24.0. The fourth-order valence-electron chi connectivity index (χ4n) is 3.37. The first kappa shape index (κ1) is 23.7. The normalized spacial score (nSPS) is 11.9. The molecule has 0 aliphatic rings. The molecule has 0 aliphatic heterocycles. The Morgan fingerprint density at radius 2 is 1.00 bits per heavy atom. The lowest BCUT2D eigenvalue weighted by atomic mass is 10.2. The van der Waals surface area contributed by atoms with Gasteiger partial charge in [-0.15, -0.1) is 0 Å². The SMILES string of the molecule is O=S(=O)(c1ccccc1)N(Cc1ccccc1OCc1ccccc1)S(=O)(=O)c1ccccc1. The number of hydrogen-bond acceptors (Lipinski definition) is 5. The maximum atomic E-state index is 13.6. The largest absolute Gasteiger partial charge is 0.489 e. The Labute approximate surface area is 200 Å². The van der Waals surface area contributed by atoms with Crippen LogP contribution in [0.1, 0.15) is 11.1 Å². The van der Waals surface area contributed by atoms with Gasteiger partial charge in [-0.2, -0.15) is 0 Å². The molecule has 174 valence electrons. The third-order valence-electron chi connectivity index (χ3n) is 5.13. The number of hydrogen-bond donors (Lipinski definition) is 0. The second-order valence-corrected chi connectivity index (χ2v) is 11.4. The molecule has 0 aromatic heterocycles. The standard InChI is InChI=1S/C26H23NO5S2/c28-33(29,24-15-6-2-7-16-24)27(34(30,31)25-17-8-3-9-18-25)20-23-14-10-11-19-26(23)32-21-22-12-4-1-5-13-22/h1-19H,20-21H2. The van der Waals surface area contributed by atoms with Crippen LogP contribution >= 0.6 is 0 Å². The highest BCUT2D eigenvalue weighted by Crippen LogP contribution is 2.29. The first-order chi connectivity index (χ1) is 16.4. The van der Waals surface area contributed by atoms with E-state index in [9.17, 15) is 16.8 Å². The van der Waals surface area contributed by atoms with Crippen LogP contribution in [0.5, 0.6) is 5.75 Å². The van der Waals surface area contributed by atoms with E-state index >= 15 is 0 Å². The molecule has 0 saturated carbocycles. The average molecular weight is 494 g/mol. The van der Waals surface area contributed by atoms with Gasteiger partial charge in [-0.05, 0) is 35.9 Å². The van der Waals surface area contributed by atoms with Crippen LogP contribution in [-0.2, 0) is 33.2 Å². The van der Waals surface area contributed by atoms with Gasteiger partial charge < -0.3 is 4.74 Å². The predicted molar refractivity (Wildman–Crippen MR) is 130 cm³/mol. The second kappa shape index (κ2) is 10.2. The van der Waals surface area contributed by atoms with Crippen molar-refractivity contribution in [2.75, 3.05) is 0 Å². The van der Waals surface area contributed by atoms with Crippen molar-refractivity contribution in [3.8, 4) is 5.75 Å². The number of nitrogens with zero attached hydrogens (tertiary/aromatic N) is 1. The van der Waals surface area contributed by atoms with E-state index in [2.05, 4.69) is 0 Å². The highest BCUT2D eigenvalue weighted by molar-refractivity contribution is 8.04. The van der Waals surface area contributed by atoms with E-state index in [0.717, 1.165) is 5.56 Å². The monoisotopic (exact) mass is 493 g/mol. The minimum atomic E-state index is -4.40. The Balaban J connectivity index is 1.74. The first-order valence-electron chi connectivity index (χ1n) is 10.5. The van der Waals surface area contributed by atoms with Gasteiger partial charge in [0.25, 0.3) is 20.0 Å². The van der Waals surface area contributed by atoms with Gasteiger partial charge >= 0.3 is 0 Å². The van der Waals surface area contributed by atoms with Crippen LogP contribution in [0.4, 0.5) is 0 Å². The molecule has 0 heterocycles. The van der Waals surface area contributed by atoms with E-state index in [1.165, 1.54) is 24.3 Å². The van der Waals surface area contributed by atoms with Crippen molar-refractivity contribution < 1.29 is 21.6 Å². The van der Waals surface area contributed by atoms with Crippen LogP contribution in [0.2, 0.25) is 0 Å². The van der Waals surface area contributed by atoms with Crippen molar-refractivity contribution in [1.29, 1.82) is 0 Å². The molecule has 0 amide bonds. The summed E-state index contributed by atoms with van der Waals surface area (Å²) in [5.41, 5.74) is 1.36. The molecule has 6 nitrogen and oxygen atoms in total. The Bertz CT molecular complexity index is 1370. The van der Waals surface area contributed by atoms with Gasteiger partial charge in [0, 0.05) is 5.56 Å². The molecule has 0 N–H and O–H groups in total. The maximum Gasteiger partial charge on any atom is 0.256 e. The summed E-state index contributed by atoms with van der Waals surface area (Å²) in [5.74, 6) is 0.405. The van der Waals surface area contributed by atoms with Crippen LogP contribution in [0.25, 0.3) is 0 Å². The highest BCUT2D eigenvalue weighted by atomic mass is 32.3. The average Bonchev–Trinajstić information content (AvgIpc) is 2.88. The van der Waals surface area contributed by atoms with E-state index < -0.39 is 26.6 Å². The fourth-order valence-corrected chi connectivity index (χ4v) is 7.01. The van der Waals surface area contributed by atoms with Crippen molar-refractivity contribution in [3.05, 3.63) is 126 Å². The Kier molecular flexibility index (Phi) is 7.12. The smallest absolute Gasteiger partial charge is 0.256 e. The molecule has 0 radical (unpaired) electrons. The summed E-state index contributed by atoms with van der Waals surface area (Å²) in [6.07, 6.45) is 0. The van der Waals surface area contributed by atoms with Crippen LogP contribution in [0.15, 0.2) is 125 Å². The quantitative estimate of drug-likeness (QED) is 0.333. The molecule has 0 spiro atoms. The molecule has 8 heteroatoms. The van der Waals surface area contributed by atoms with Crippen LogP contribution in [-0.4, -0.2) is 20.5 Å². The zero-order valence-corrected chi connectivity index (χ0v) is 19.8. The number of benzene rings is 4. The summed E-state index contributed by atoms with van der Waals surface area (Å²) in [7, 11) is -8.80. The van der Waals surface area contributed by atoms with Crippen molar-refractivity contribution in [2.24, 2.45) is 0 Å². The molecule has 34 heavy (non-hydrogen) atoms. The van der Waals surface area contributed by atoms with Gasteiger partial charge in [0.15, 0.2) is 0 Å². The first-order valence-corrected chi connectivity index (χ1v) is 13.4. The van der Waals surface area contributed by atoms with Gasteiger partial charge in [-0.25, -0.2) is 16.8 Å². The van der Waals surface area contributed by atoms with Crippen molar-refractivity contribution in [1.82, 2.24) is 3.71 Å². The van der Waals surface area contributed by atoms with Gasteiger partial charge in [-0.3, -0.25) is 0 Å². The topological polar surface area (TPSA) is 80.8 Å². The lowest BCUT2D eigenvalue weighted by molar-refractivity contribution is 0.301. The van der Waals surface area contributed by atoms with Crippen LogP contribution < -0.4 is 4.74 Å². The highest BCUT2D eigenvalue weighted by Gasteiger charge is 2.37. The Morgan fingerprint density at radius 1 is 0.559 bits per heavy atom.